The second kappa shape index (κ2) is 10.1. The summed E-state index contributed by atoms with van der Waals surface area (Å²) < 4.78 is 2.11. The molecule has 7 aromatic rings. The van der Waals surface area contributed by atoms with Gasteiger partial charge >= 0.3 is 0 Å². The van der Waals surface area contributed by atoms with Crippen LogP contribution >= 0.6 is 0 Å². The number of nitrogens with zero attached hydrogens (tertiary/aromatic N) is 4. The van der Waals surface area contributed by atoms with Crippen molar-refractivity contribution in [1.82, 2.24) is 14.5 Å². The van der Waals surface area contributed by atoms with Crippen LogP contribution in [0.4, 0.5) is 5.69 Å². The average molecular weight is 585 g/mol. The van der Waals surface area contributed by atoms with Crippen molar-refractivity contribution in [1.29, 1.82) is 0 Å². The van der Waals surface area contributed by atoms with E-state index >= 15 is 0 Å². The minimum absolute atomic E-state index is 0.303. The first-order chi connectivity index (χ1) is 21.9. The molecule has 4 aromatic carbocycles. The first kappa shape index (κ1) is 26.7. The molecule has 4 heterocycles. The van der Waals surface area contributed by atoms with Gasteiger partial charge in [0.1, 0.15) is 0 Å². The highest BCUT2D eigenvalue weighted by molar-refractivity contribution is 6.36. The number of hydrogen-bond acceptors (Lipinski definition) is 4. The Morgan fingerprint density at radius 3 is 1.69 bits per heavy atom. The van der Waals surface area contributed by atoms with Gasteiger partial charge < -0.3 is 4.57 Å². The van der Waals surface area contributed by atoms with Gasteiger partial charge in [-0.15, -0.1) is 0 Å². The Balaban J connectivity index is 1.39. The van der Waals surface area contributed by atoms with Gasteiger partial charge in [-0.05, 0) is 92.6 Å². The summed E-state index contributed by atoms with van der Waals surface area (Å²) in [6.45, 7) is 5.92. The lowest BCUT2D eigenvalue weighted by molar-refractivity contribution is 0.0925. The Labute approximate surface area is 260 Å². The van der Waals surface area contributed by atoms with Crippen molar-refractivity contribution >= 4 is 39.3 Å². The lowest BCUT2D eigenvalue weighted by Crippen LogP contribution is -2.31. The zero-order valence-electron chi connectivity index (χ0n) is 25.1. The zero-order chi connectivity index (χ0) is 30.8. The lowest BCUT2D eigenvalue weighted by Gasteiger charge is -2.20. The Hall–Kier alpha value is -5.88. The second-order valence-corrected chi connectivity index (χ2v) is 11.6. The van der Waals surface area contributed by atoms with Crippen LogP contribution in [0.5, 0.6) is 0 Å². The molecular weight excluding hydrogens is 556 g/mol. The third kappa shape index (κ3) is 4.10. The number of aromatic nitrogens is 3. The van der Waals surface area contributed by atoms with Crippen molar-refractivity contribution < 1.29 is 9.59 Å². The number of carbonyl (C=O) groups excluding carboxylic acids is 2. The highest BCUT2D eigenvalue weighted by Gasteiger charge is 2.40. The van der Waals surface area contributed by atoms with E-state index in [-0.39, 0.29) is 11.8 Å². The van der Waals surface area contributed by atoms with Gasteiger partial charge in [0.2, 0.25) is 0 Å². The van der Waals surface area contributed by atoms with E-state index in [9.17, 15) is 9.59 Å². The van der Waals surface area contributed by atoms with Crippen molar-refractivity contribution in [2.75, 3.05) is 4.90 Å². The van der Waals surface area contributed by atoms with Gasteiger partial charge in [-0.25, -0.2) is 4.90 Å². The van der Waals surface area contributed by atoms with Gasteiger partial charge in [-0.1, -0.05) is 48.0 Å². The maximum absolute atomic E-state index is 14.3. The molecule has 216 valence electrons. The minimum atomic E-state index is -0.314. The van der Waals surface area contributed by atoms with E-state index in [2.05, 4.69) is 50.9 Å². The van der Waals surface area contributed by atoms with E-state index in [1.165, 1.54) is 4.90 Å². The molecule has 0 radical (unpaired) electrons. The van der Waals surface area contributed by atoms with Gasteiger partial charge in [0.25, 0.3) is 11.8 Å². The van der Waals surface area contributed by atoms with Crippen molar-refractivity contribution in [2.45, 2.75) is 20.8 Å². The van der Waals surface area contributed by atoms with Crippen LogP contribution in [-0.4, -0.2) is 26.3 Å². The molecule has 6 nitrogen and oxygen atoms in total. The Bertz CT molecular complexity index is 2220. The summed E-state index contributed by atoms with van der Waals surface area (Å²) in [6.07, 6.45) is 3.59. The number of hydrogen-bond donors (Lipinski definition) is 0. The maximum Gasteiger partial charge on any atom is 0.268 e. The summed E-state index contributed by atoms with van der Waals surface area (Å²) in [7, 11) is 0. The number of rotatable bonds is 4. The molecule has 0 N–H and O–H groups in total. The summed E-state index contributed by atoms with van der Waals surface area (Å²) in [4.78, 5) is 38.8. The molecule has 45 heavy (non-hydrogen) atoms. The third-order valence-corrected chi connectivity index (χ3v) is 8.68. The van der Waals surface area contributed by atoms with E-state index in [0.29, 0.717) is 22.5 Å². The summed E-state index contributed by atoms with van der Waals surface area (Å²) in [5, 5.41) is 2.03. The average Bonchev–Trinajstić information content (AvgIpc) is 3.51. The molecule has 0 bridgehead atoms. The largest absolute Gasteiger partial charge is 0.308 e. The fraction of sp³-hybridized carbons (Fsp3) is 0.0769. The van der Waals surface area contributed by atoms with Crippen molar-refractivity contribution in [3.63, 3.8) is 0 Å². The molecular formula is C39H28N4O2. The number of pyridine rings is 2. The van der Waals surface area contributed by atoms with Crippen LogP contribution in [-0.2, 0) is 0 Å². The Morgan fingerprint density at radius 2 is 1.16 bits per heavy atom. The molecule has 6 heteroatoms. The quantitative estimate of drug-likeness (QED) is 0.194. The fourth-order valence-corrected chi connectivity index (χ4v) is 6.85. The summed E-state index contributed by atoms with van der Waals surface area (Å²) >= 11 is 0. The Morgan fingerprint density at radius 1 is 0.578 bits per heavy atom. The molecule has 1 aliphatic rings. The molecule has 0 unspecified atom stereocenters. The summed E-state index contributed by atoms with van der Waals surface area (Å²) in [5.74, 6) is -0.617. The topological polar surface area (TPSA) is 68.1 Å². The normalized spacial score (nSPS) is 12.8. The molecule has 0 saturated heterocycles. The highest BCUT2D eigenvalue weighted by atomic mass is 16.2. The minimum Gasteiger partial charge on any atom is -0.308 e. The smallest absolute Gasteiger partial charge is 0.268 e. The number of imide groups is 1. The van der Waals surface area contributed by atoms with E-state index in [0.717, 1.165) is 61.0 Å². The van der Waals surface area contributed by atoms with E-state index in [1.807, 2.05) is 81.4 Å². The highest BCUT2D eigenvalue weighted by Crippen LogP contribution is 2.41. The molecule has 0 saturated carbocycles. The Kier molecular flexibility index (Phi) is 6.00. The second-order valence-electron chi connectivity index (χ2n) is 11.6. The predicted molar refractivity (Wildman–Crippen MR) is 179 cm³/mol. The third-order valence-electron chi connectivity index (χ3n) is 8.68. The molecule has 0 aliphatic carbocycles. The number of benzene rings is 4. The SMILES string of the molecule is Cc1cc(C)c(N2C(=O)c3cccc(-n4c5ccc(-c6ccccn6)cc5c5cc(-c6ccccn6)ccc54)c3C2=O)c(C)c1. The molecule has 0 spiro atoms. The van der Waals surface area contributed by atoms with Crippen molar-refractivity contribution in [3.8, 4) is 28.2 Å². The van der Waals surface area contributed by atoms with Crippen molar-refractivity contribution in [3.05, 3.63) is 143 Å². The van der Waals surface area contributed by atoms with Gasteiger partial charge in [-0.3, -0.25) is 19.6 Å². The summed E-state index contributed by atoms with van der Waals surface area (Å²) in [5.41, 5.74) is 10.6. The van der Waals surface area contributed by atoms with Gasteiger partial charge in [0.15, 0.2) is 0 Å². The monoisotopic (exact) mass is 584 g/mol. The maximum atomic E-state index is 14.3. The molecule has 1 aliphatic heterocycles. The first-order valence-corrected chi connectivity index (χ1v) is 14.9. The van der Waals surface area contributed by atoms with Crippen molar-refractivity contribution in [2.24, 2.45) is 0 Å². The van der Waals surface area contributed by atoms with Crippen LogP contribution in [0.3, 0.4) is 0 Å². The lowest BCUT2D eigenvalue weighted by atomic mass is 10.0. The number of fused-ring (bicyclic) bond motifs is 4. The fourth-order valence-electron chi connectivity index (χ4n) is 6.85. The summed E-state index contributed by atoms with van der Waals surface area (Å²) in [6, 6.07) is 33.9. The number of carbonyl (C=O) groups is 2. The molecule has 2 amide bonds. The standard InChI is InChI=1S/C39H28N4O2/c1-23-19-24(2)37(25(3)20-23)43-38(44)28-9-8-12-35(36(28)39(43)45)42-33-15-13-26(31-10-4-6-17-40-31)21-29(33)30-22-27(14-16-34(30)42)32-11-5-7-18-41-32/h4-22H,1-3H3. The first-order valence-electron chi connectivity index (χ1n) is 14.9. The van der Waals surface area contributed by atoms with E-state index < -0.39 is 0 Å². The molecule has 0 fully saturated rings. The van der Waals surface area contributed by atoms with Gasteiger partial charge in [0.05, 0.1) is 44.9 Å². The van der Waals surface area contributed by atoms with E-state index in [1.54, 1.807) is 18.5 Å². The van der Waals surface area contributed by atoms with Crippen LogP contribution in [0, 0.1) is 20.8 Å². The number of aryl methyl sites for hydroxylation is 3. The van der Waals surface area contributed by atoms with Crippen LogP contribution in [0.1, 0.15) is 37.4 Å². The molecule has 0 atom stereocenters. The van der Waals surface area contributed by atoms with E-state index in [4.69, 9.17) is 0 Å². The zero-order valence-corrected chi connectivity index (χ0v) is 25.1. The molecule has 3 aromatic heterocycles. The van der Waals surface area contributed by atoms with Crippen LogP contribution < -0.4 is 4.90 Å². The van der Waals surface area contributed by atoms with Crippen LogP contribution in [0.25, 0.3) is 50.0 Å². The van der Waals surface area contributed by atoms with Crippen LogP contribution in [0.2, 0.25) is 0 Å². The predicted octanol–water partition coefficient (Wildman–Crippen LogP) is 8.63. The molecule has 8 rings (SSSR count). The van der Waals surface area contributed by atoms with Gasteiger partial charge in [-0.2, -0.15) is 0 Å². The number of amides is 2. The van der Waals surface area contributed by atoms with Gasteiger partial charge in [0, 0.05) is 34.3 Å². The number of anilines is 1. The van der Waals surface area contributed by atoms with Crippen LogP contribution in [0.15, 0.2) is 116 Å².